The first-order chi connectivity index (χ1) is 14.1. The Bertz CT molecular complexity index is 929. The predicted molar refractivity (Wildman–Crippen MR) is 120 cm³/mol. The minimum absolute atomic E-state index is 0.0486. The molecule has 0 aliphatic carbocycles. The lowest BCUT2D eigenvalue weighted by molar-refractivity contribution is -0.120. The van der Waals surface area contributed by atoms with E-state index in [2.05, 4.69) is 26.6 Å². The number of nitrogens with one attached hydrogen (secondary N) is 2. The first kappa shape index (κ1) is 21.1. The van der Waals surface area contributed by atoms with Crippen molar-refractivity contribution in [3.63, 3.8) is 0 Å². The molecule has 0 aromatic heterocycles. The largest absolute Gasteiger partial charge is 0.497 e. The molecule has 0 spiro atoms. The van der Waals surface area contributed by atoms with Gasteiger partial charge in [0.25, 0.3) is 0 Å². The van der Waals surface area contributed by atoms with E-state index in [9.17, 15) is 4.79 Å². The zero-order chi connectivity index (χ0) is 20.6. The van der Waals surface area contributed by atoms with Crippen molar-refractivity contribution in [1.29, 1.82) is 0 Å². The second-order valence-electron chi connectivity index (χ2n) is 6.81. The molecule has 2 atom stereocenters. The van der Waals surface area contributed by atoms with Crippen LogP contribution in [0, 0.1) is 0 Å². The average Bonchev–Trinajstić information content (AvgIpc) is 2.77. The molecule has 3 aromatic rings. The molecule has 0 aliphatic heterocycles. The van der Waals surface area contributed by atoms with Gasteiger partial charge in [-0.3, -0.25) is 4.79 Å². The summed E-state index contributed by atoms with van der Waals surface area (Å²) in [6, 6.07) is 25.6. The summed E-state index contributed by atoms with van der Waals surface area (Å²) < 4.78 is 6.28. The highest BCUT2D eigenvalue weighted by atomic mass is 79.9. The van der Waals surface area contributed by atoms with Crippen LogP contribution in [-0.4, -0.2) is 19.6 Å². The van der Waals surface area contributed by atoms with Gasteiger partial charge in [0.05, 0.1) is 19.7 Å². The zero-order valence-corrected chi connectivity index (χ0v) is 18.1. The van der Waals surface area contributed by atoms with E-state index in [1.54, 1.807) is 7.11 Å². The van der Waals surface area contributed by atoms with E-state index in [1.165, 1.54) is 0 Å². The SMILES string of the molecule is COc1ccc([C@@H](NC(=O)CN[C@@H](C)c2ccccc2Br)c2ccccc2)cc1. The molecular weight excluding hydrogens is 428 g/mol. The number of hydrogen-bond donors (Lipinski definition) is 2. The molecule has 0 bridgehead atoms. The maximum Gasteiger partial charge on any atom is 0.234 e. The Labute approximate surface area is 180 Å². The molecule has 3 rings (SSSR count). The van der Waals surface area contributed by atoms with Gasteiger partial charge in [-0.05, 0) is 41.8 Å². The third kappa shape index (κ3) is 5.68. The molecule has 2 N–H and O–H groups in total. The fourth-order valence-corrected chi connectivity index (χ4v) is 3.82. The lowest BCUT2D eigenvalue weighted by Gasteiger charge is -2.21. The smallest absolute Gasteiger partial charge is 0.234 e. The summed E-state index contributed by atoms with van der Waals surface area (Å²) in [5.74, 6) is 0.726. The summed E-state index contributed by atoms with van der Waals surface area (Å²) in [4.78, 5) is 12.7. The van der Waals surface area contributed by atoms with Crippen LogP contribution < -0.4 is 15.4 Å². The molecule has 5 heteroatoms. The van der Waals surface area contributed by atoms with Crippen molar-refractivity contribution in [3.05, 3.63) is 100 Å². The number of benzene rings is 3. The lowest BCUT2D eigenvalue weighted by Crippen LogP contribution is -2.37. The van der Waals surface area contributed by atoms with E-state index < -0.39 is 0 Å². The Morgan fingerprint density at radius 1 is 0.931 bits per heavy atom. The van der Waals surface area contributed by atoms with Gasteiger partial charge in [0.1, 0.15) is 5.75 Å². The highest BCUT2D eigenvalue weighted by molar-refractivity contribution is 9.10. The van der Waals surface area contributed by atoms with Gasteiger partial charge in [-0.15, -0.1) is 0 Å². The molecule has 4 nitrogen and oxygen atoms in total. The Morgan fingerprint density at radius 3 is 2.21 bits per heavy atom. The molecule has 0 saturated carbocycles. The van der Waals surface area contributed by atoms with Crippen molar-refractivity contribution >= 4 is 21.8 Å². The number of carbonyl (C=O) groups is 1. The highest BCUT2D eigenvalue weighted by Crippen LogP contribution is 2.25. The van der Waals surface area contributed by atoms with Gasteiger partial charge in [0.15, 0.2) is 0 Å². The summed E-state index contributed by atoms with van der Waals surface area (Å²) in [5.41, 5.74) is 3.16. The maximum absolute atomic E-state index is 12.7. The van der Waals surface area contributed by atoms with Crippen LogP contribution in [-0.2, 0) is 4.79 Å². The standard InChI is InChI=1S/C24H25BrN2O2/c1-17(21-10-6-7-11-22(21)25)26-16-23(28)27-24(18-8-4-3-5-9-18)19-12-14-20(29-2)15-13-19/h3-15,17,24,26H,16H2,1-2H3,(H,27,28)/t17-,24-/m0/s1. The second kappa shape index (κ2) is 10.2. The fraction of sp³-hybridized carbons (Fsp3) is 0.208. The first-order valence-electron chi connectivity index (χ1n) is 9.54. The van der Waals surface area contributed by atoms with Gasteiger partial charge in [-0.2, -0.15) is 0 Å². The van der Waals surface area contributed by atoms with Crippen LogP contribution in [0.1, 0.15) is 35.7 Å². The quantitative estimate of drug-likeness (QED) is 0.504. The normalized spacial score (nSPS) is 12.8. The topological polar surface area (TPSA) is 50.4 Å². The molecule has 3 aromatic carbocycles. The van der Waals surface area contributed by atoms with Crippen LogP contribution >= 0.6 is 15.9 Å². The highest BCUT2D eigenvalue weighted by Gasteiger charge is 2.18. The number of amides is 1. The number of methoxy groups -OCH3 is 1. The molecule has 0 radical (unpaired) electrons. The number of carbonyl (C=O) groups excluding carboxylic acids is 1. The molecule has 0 unspecified atom stereocenters. The summed E-state index contributed by atoms with van der Waals surface area (Å²) >= 11 is 3.57. The summed E-state index contributed by atoms with van der Waals surface area (Å²) in [5, 5.41) is 6.46. The van der Waals surface area contributed by atoms with E-state index >= 15 is 0 Å². The Kier molecular flexibility index (Phi) is 7.44. The van der Waals surface area contributed by atoms with Crippen molar-refractivity contribution in [2.24, 2.45) is 0 Å². The lowest BCUT2D eigenvalue weighted by atomic mass is 9.98. The molecule has 0 heterocycles. The maximum atomic E-state index is 12.7. The summed E-state index contributed by atoms with van der Waals surface area (Å²) in [6.07, 6.45) is 0. The van der Waals surface area contributed by atoms with E-state index in [4.69, 9.17) is 4.74 Å². The molecule has 0 fully saturated rings. The average molecular weight is 453 g/mol. The number of halogens is 1. The molecule has 150 valence electrons. The van der Waals surface area contributed by atoms with Crippen molar-refractivity contribution < 1.29 is 9.53 Å². The zero-order valence-electron chi connectivity index (χ0n) is 16.6. The molecule has 0 saturated heterocycles. The third-order valence-corrected chi connectivity index (χ3v) is 5.55. The van der Waals surface area contributed by atoms with Gasteiger partial charge >= 0.3 is 0 Å². The minimum Gasteiger partial charge on any atom is -0.497 e. The summed E-state index contributed by atoms with van der Waals surface area (Å²) in [6.45, 7) is 2.27. The van der Waals surface area contributed by atoms with Gasteiger partial charge in [0.2, 0.25) is 5.91 Å². The van der Waals surface area contributed by atoms with Crippen molar-refractivity contribution in [2.75, 3.05) is 13.7 Å². The van der Waals surface area contributed by atoms with Crippen LogP contribution in [0.2, 0.25) is 0 Å². The van der Waals surface area contributed by atoms with Crippen molar-refractivity contribution in [3.8, 4) is 5.75 Å². The van der Waals surface area contributed by atoms with Crippen LogP contribution in [0.3, 0.4) is 0 Å². The number of ether oxygens (including phenoxy) is 1. The van der Waals surface area contributed by atoms with Gasteiger partial charge < -0.3 is 15.4 Å². The second-order valence-corrected chi connectivity index (χ2v) is 7.66. The van der Waals surface area contributed by atoms with Crippen molar-refractivity contribution in [2.45, 2.75) is 19.0 Å². The molecule has 1 amide bonds. The number of rotatable bonds is 8. The van der Waals surface area contributed by atoms with Crippen LogP contribution in [0.25, 0.3) is 0 Å². The van der Waals surface area contributed by atoms with E-state index in [0.29, 0.717) is 0 Å². The van der Waals surface area contributed by atoms with Gasteiger partial charge in [-0.25, -0.2) is 0 Å². The van der Waals surface area contributed by atoms with E-state index in [-0.39, 0.29) is 24.5 Å². The summed E-state index contributed by atoms with van der Waals surface area (Å²) in [7, 11) is 1.64. The Balaban J connectivity index is 1.70. The van der Waals surface area contributed by atoms with Gasteiger partial charge in [0, 0.05) is 10.5 Å². The van der Waals surface area contributed by atoms with Crippen LogP contribution in [0.15, 0.2) is 83.3 Å². The molecular formula is C24H25BrN2O2. The molecule has 0 aliphatic rings. The van der Waals surface area contributed by atoms with Crippen LogP contribution in [0.4, 0.5) is 0 Å². The van der Waals surface area contributed by atoms with Crippen LogP contribution in [0.5, 0.6) is 5.75 Å². The van der Waals surface area contributed by atoms with E-state index in [0.717, 1.165) is 26.9 Å². The minimum atomic E-state index is -0.227. The Morgan fingerprint density at radius 2 is 1.55 bits per heavy atom. The van der Waals surface area contributed by atoms with Gasteiger partial charge in [-0.1, -0.05) is 76.6 Å². The third-order valence-electron chi connectivity index (χ3n) is 4.83. The van der Waals surface area contributed by atoms with Crippen molar-refractivity contribution in [1.82, 2.24) is 10.6 Å². The number of hydrogen-bond acceptors (Lipinski definition) is 3. The monoisotopic (exact) mass is 452 g/mol. The fourth-order valence-electron chi connectivity index (χ4n) is 3.19. The Hall–Kier alpha value is -2.63. The van der Waals surface area contributed by atoms with E-state index in [1.807, 2.05) is 85.8 Å². The molecule has 29 heavy (non-hydrogen) atoms. The first-order valence-corrected chi connectivity index (χ1v) is 10.3. The predicted octanol–water partition coefficient (Wildman–Crippen LogP) is 5.01.